The number of alkyl halides is 1. The number of nitrogens with zero attached hydrogens (tertiary/aromatic N) is 3. The smallest absolute Gasteiger partial charge is 0.160 e. The third kappa shape index (κ3) is 1.12. The number of rotatable bonds is 2. The fourth-order valence-electron chi connectivity index (χ4n) is 1.79. The van der Waals surface area contributed by atoms with Crippen molar-refractivity contribution in [2.75, 3.05) is 0 Å². The fourth-order valence-corrected chi connectivity index (χ4v) is 1.98. The second-order valence-electron chi connectivity index (χ2n) is 3.61. The van der Waals surface area contributed by atoms with Gasteiger partial charge < -0.3 is 4.57 Å². The summed E-state index contributed by atoms with van der Waals surface area (Å²) in [7, 11) is 0. The number of pyridine rings is 1. The Morgan fingerprint density at radius 1 is 1.50 bits per heavy atom. The lowest BCUT2D eigenvalue weighted by Gasteiger charge is -2.02. The van der Waals surface area contributed by atoms with Crippen molar-refractivity contribution in [1.29, 1.82) is 0 Å². The van der Waals surface area contributed by atoms with E-state index in [4.69, 9.17) is 11.6 Å². The van der Waals surface area contributed by atoms with E-state index < -0.39 is 0 Å². The number of fused-ring (bicyclic) bond motifs is 1. The minimum atomic E-state index is 0.465. The summed E-state index contributed by atoms with van der Waals surface area (Å²) < 4.78 is 2.18. The van der Waals surface area contributed by atoms with Gasteiger partial charge in [-0.05, 0) is 25.0 Å². The molecule has 1 saturated carbocycles. The normalized spacial score (nSPS) is 16.4. The van der Waals surface area contributed by atoms with E-state index in [2.05, 4.69) is 14.5 Å². The minimum absolute atomic E-state index is 0.465. The maximum absolute atomic E-state index is 5.86. The predicted molar refractivity (Wildman–Crippen MR) is 55.4 cm³/mol. The molecule has 2 heterocycles. The van der Waals surface area contributed by atoms with Gasteiger partial charge in [0.05, 0.1) is 5.88 Å². The van der Waals surface area contributed by atoms with Crippen molar-refractivity contribution in [3.8, 4) is 0 Å². The third-order valence-corrected chi connectivity index (χ3v) is 2.79. The summed E-state index contributed by atoms with van der Waals surface area (Å²) in [6, 6.07) is 4.48. The molecular formula is C10H10ClN3. The maximum Gasteiger partial charge on any atom is 0.160 e. The largest absolute Gasteiger partial charge is 0.309 e. The Balaban J connectivity index is 2.29. The van der Waals surface area contributed by atoms with Crippen LogP contribution < -0.4 is 0 Å². The lowest BCUT2D eigenvalue weighted by molar-refractivity contribution is 0.721. The second-order valence-corrected chi connectivity index (χ2v) is 3.88. The first kappa shape index (κ1) is 8.24. The van der Waals surface area contributed by atoms with Gasteiger partial charge in [0.2, 0.25) is 0 Å². The average molecular weight is 208 g/mol. The highest BCUT2D eigenvalue weighted by molar-refractivity contribution is 6.16. The molecule has 3 nitrogen and oxygen atoms in total. The molecule has 0 aromatic carbocycles. The number of aromatic nitrogens is 3. The van der Waals surface area contributed by atoms with Crippen LogP contribution in [0.5, 0.6) is 0 Å². The molecular weight excluding hydrogens is 198 g/mol. The Morgan fingerprint density at radius 2 is 2.36 bits per heavy atom. The van der Waals surface area contributed by atoms with Gasteiger partial charge in [0, 0.05) is 12.2 Å². The Kier molecular flexibility index (Phi) is 1.74. The molecule has 1 fully saturated rings. The van der Waals surface area contributed by atoms with Gasteiger partial charge in [-0.25, -0.2) is 9.97 Å². The zero-order valence-corrected chi connectivity index (χ0v) is 8.41. The molecule has 1 aliphatic carbocycles. The lowest BCUT2D eigenvalue weighted by atomic mass is 10.4. The number of halogens is 1. The van der Waals surface area contributed by atoms with E-state index in [1.807, 2.05) is 12.1 Å². The van der Waals surface area contributed by atoms with Crippen LogP contribution in [-0.2, 0) is 5.88 Å². The van der Waals surface area contributed by atoms with Crippen LogP contribution in [-0.4, -0.2) is 14.5 Å². The van der Waals surface area contributed by atoms with Gasteiger partial charge in [-0.1, -0.05) is 0 Å². The first-order valence-electron chi connectivity index (χ1n) is 4.78. The van der Waals surface area contributed by atoms with Crippen LogP contribution in [0.4, 0.5) is 0 Å². The van der Waals surface area contributed by atoms with Crippen molar-refractivity contribution in [3.63, 3.8) is 0 Å². The average Bonchev–Trinajstić information content (AvgIpc) is 2.98. The molecule has 2 aromatic heterocycles. The van der Waals surface area contributed by atoms with E-state index in [1.165, 1.54) is 12.8 Å². The van der Waals surface area contributed by atoms with Crippen LogP contribution in [0, 0.1) is 0 Å². The van der Waals surface area contributed by atoms with Crippen LogP contribution in [0.15, 0.2) is 18.3 Å². The van der Waals surface area contributed by atoms with E-state index in [-0.39, 0.29) is 0 Å². The highest BCUT2D eigenvalue weighted by atomic mass is 35.5. The van der Waals surface area contributed by atoms with Crippen molar-refractivity contribution < 1.29 is 0 Å². The van der Waals surface area contributed by atoms with Gasteiger partial charge in [0.1, 0.15) is 11.3 Å². The molecule has 1 aliphatic rings. The molecule has 0 bridgehead atoms. The quantitative estimate of drug-likeness (QED) is 0.709. The van der Waals surface area contributed by atoms with Crippen molar-refractivity contribution in [1.82, 2.24) is 14.5 Å². The molecule has 0 amide bonds. The van der Waals surface area contributed by atoms with Crippen molar-refractivity contribution in [2.45, 2.75) is 24.8 Å². The Hall–Kier alpha value is -1.09. The van der Waals surface area contributed by atoms with Crippen LogP contribution in [0.1, 0.15) is 24.7 Å². The van der Waals surface area contributed by atoms with E-state index in [0.717, 1.165) is 17.0 Å². The zero-order chi connectivity index (χ0) is 9.54. The third-order valence-electron chi connectivity index (χ3n) is 2.55. The Labute approximate surface area is 86.7 Å². The topological polar surface area (TPSA) is 30.7 Å². The molecule has 0 saturated heterocycles. The van der Waals surface area contributed by atoms with E-state index in [1.54, 1.807) is 6.20 Å². The van der Waals surface area contributed by atoms with Crippen LogP contribution in [0.25, 0.3) is 11.2 Å². The molecule has 0 N–H and O–H groups in total. The van der Waals surface area contributed by atoms with Gasteiger partial charge in [-0.2, -0.15) is 0 Å². The van der Waals surface area contributed by atoms with Crippen molar-refractivity contribution in [2.24, 2.45) is 0 Å². The molecule has 3 rings (SSSR count). The Morgan fingerprint density at radius 3 is 3.07 bits per heavy atom. The molecule has 0 atom stereocenters. The van der Waals surface area contributed by atoms with E-state index in [9.17, 15) is 0 Å². The zero-order valence-electron chi connectivity index (χ0n) is 7.65. The molecule has 0 spiro atoms. The minimum Gasteiger partial charge on any atom is -0.309 e. The SMILES string of the molecule is ClCc1nc2cccnc2n1C1CC1. The summed E-state index contributed by atoms with van der Waals surface area (Å²) in [6.07, 6.45) is 4.26. The van der Waals surface area contributed by atoms with Gasteiger partial charge in [-0.15, -0.1) is 11.6 Å². The Bertz CT molecular complexity index is 473. The summed E-state index contributed by atoms with van der Waals surface area (Å²) in [5, 5.41) is 0. The van der Waals surface area contributed by atoms with Crippen molar-refractivity contribution in [3.05, 3.63) is 24.2 Å². The van der Waals surface area contributed by atoms with Crippen LogP contribution >= 0.6 is 11.6 Å². The summed E-state index contributed by atoms with van der Waals surface area (Å²) in [5.41, 5.74) is 1.93. The van der Waals surface area contributed by atoms with Gasteiger partial charge in [0.15, 0.2) is 5.65 Å². The highest BCUT2D eigenvalue weighted by Gasteiger charge is 2.28. The number of imidazole rings is 1. The molecule has 0 radical (unpaired) electrons. The standard InChI is InChI=1S/C10H10ClN3/c11-6-9-13-8-2-1-5-12-10(8)14(9)7-3-4-7/h1-2,5,7H,3-4,6H2. The molecule has 0 aliphatic heterocycles. The van der Waals surface area contributed by atoms with Crippen molar-refractivity contribution >= 4 is 22.8 Å². The maximum atomic E-state index is 5.86. The molecule has 2 aromatic rings. The van der Waals surface area contributed by atoms with Gasteiger partial charge >= 0.3 is 0 Å². The molecule has 4 heteroatoms. The first-order valence-corrected chi connectivity index (χ1v) is 5.31. The first-order chi connectivity index (χ1) is 6.90. The summed E-state index contributed by atoms with van der Waals surface area (Å²) in [4.78, 5) is 8.81. The molecule has 14 heavy (non-hydrogen) atoms. The summed E-state index contributed by atoms with van der Waals surface area (Å²) >= 11 is 5.86. The highest BCUT2D eigenvalue weighted by Crippen LogP contribution is 2.38. The van der Waals surface area contributed by atoms with Crippen LogP contribution in [0.3, 0.4) is 0 Å². The number of hydrogen-bond donors (Lipinski definition) is 0. The van der Waals surface area contributed by atoms with Gasteiger partial charge in [0.25, 0.3) is 0 Å². The monoisotopic (exact) mass is 207 g/mol. The summed E-state index contributed by atoms with van der Waals surface area (Å²) in [5.74, 6) is 1.41. The summed E-state index contributed by atoms with van der Waals surface area (Å²) in [6.45, 7) is 0. The lowest BCUT2D eigenvalue weighted by Crippen LogP contribution is -1.99. The molecule has 72 valence electrons. The second kappa shape index (κ2) is 2.95. The fraction of sp³-hybridized carbons (Fsp3) is 0.400. The van der Waals surface area contributed by atoms with Gasteiger partial charge in [-0.3, -0.25) is 0 Å². The number of hydrogen-bond acceptors (Lipinski definition) is 2. The predicted octanol–water partition coefficient (Wildman–Crippen LogP) is 2.50. The van der Waals surface area contributed by atoms with Crippen LogP contribution in [0.2, 0.25) is 0 Å². The van der Waals surface area contributed by atoms with E-state index in [0.29, 0.717) is 11.9 Å². The molecule has 0 unspecified atom stereocenters. The van der Waals surface area contributed by atoms with E-state index >= 15 is 0 Å².